The van der Waals surface area contributed by atoms with Gasteiger partial charge in [-0.05, 0) is 21.0 Å². The van der Waals surface area contributed by atoms with E-state index in [1.807, 2.05) is 16.8 Å². The maximum absolute atomic E-state index is 4.54. The van der Waals surface area contributed by atoms with Gasteiger partial charge in [0.15, 0.2) is 11.5 Å². The van der Waals surface area contributed by atoms with Gasteiger partial charge in [0.2, 0.25) is 0 Å². The zero-order valence-corrected chi connectivity index (χ0v) is 11.1. The summed E-state index contributed by atoms with van der Waals surface area (Å²) in [5.74, 6) is 1.68. The van der Waals surface area contributed by atoms with Gasteiger partial charge in [0.05, 0.1) is 6.20 Å². The number of nitrogens with one attached hydrogen (secondary N) is 2. The molecular formula is C12H20N6. The molecule has 0 aliphatic carbocycles. The quantitative estimate of drug-likeness (QED) is 0.802. The van der Waals surface area contributed by atoms with Crippen LogP contribution < -0.4 is 10.6 Å². The lowest BCUT2D eigenvalue weighted by Crippen LogP contribution is -2.21. The molecule has 6 nitrogen and oxygen atoms in total. The third-order valence-electron chi connectivity index (χ3n) is 2.58. The standard InChI is InChI=1S/C12H20N6/c1-4-13-10-9-18-8-6-15-12(18)11(16-10)14-5-7-17(2)3/h6,8-9,13H,4-5,7H2,1-3H3,(H,14,16). The maximum Gasteiger partial charge on any atom is 0.180 e. The first-order valence-corrected chi connectivity index (χ1v) is 6.17. The van der Waals surface area contributed by atoms with Crippen molar-refractivity contribution in [2.45, 2.75) is 6.92 Å². The van der Waals surface area contributed by atoms with Crippen LogP contribution in [0.3, 0.4) is 0 Å². The highest BCUT2D eigenvalue weighted by Gasteiger charge is 2.06. The zero-order chi connectivity index (χ0) is 13.0. The summed E-state index contributed by atoms with van der Waals surface area (Å²) in [5, 5.41) is 6.55. The van der Waals surface area contributed by atoms with E-state index < -0.39 is 0 Å². The lowest BCUT2D eigenvalue weighted by Gasteiger charge is -2.12. The van der Waals surface area contributed by atoms with Crippen molar-refractivity contribution in [1.82, 2.24) is 19.3 Å². The molecule has 2 N–H and O–H groups in total. The molecule has 0 saturated heterocycles. The van der Waals surface area contributed by atoms with Crippen molar-refractivity contribution < 1.29 is 0 Å². The van der Waals surface area contributed by atoms with Gasteiger partial charge < -0.3 is 19.9 Å². The molecule has 2 rings (SSSR count). The van der Waals surface area contributed by atoms with Crippen LogP contribution in [-0.2, 0) is 0 Å². The molecule has 0 aromatic carbocycles. The lowest BCUT2D eigenvalue weighted by molar-refractivity contribution is 0.425. The summed E-state index contributed by atoms with van der Waals surface area (Å²) in [6.45, 7) is 4.71. The molecule has 2 heterocycles. The number of hydrogen-bond acceptors (Lipinski definition) is 5. The second-order valence-corrected chi connectivity index (χ2v) is 4.39. The molecule has 6 heteroatoms. The number of nitrogens with zero attached hydrogens (tertiary/aromatic N) is 4. The van der Waals surface area contributed by atoms with Gasteiger partial charge in [-0.3, -0.25) is 0 Å². The first-order valence-electron chi connectivity index (χ1n) is 6.17. The number of likely N-dealkylation sites (N-methyl/N-ethyl adjacent to an activating group) is 1. The Labute approximate surface area is 107 Å². The highest BCUT2D eigenvalue weighted by atomic mass is 15.2. The molecule has 18 heavy (non-hydrogen) atoms. The Morgan fingerprint density at radius 3 is 2.89 bits per heavy atom. The molecule has 0 saturated carbocycles. The van der Waals surface area contributed by atoms with E-state index in [-0.39, 0.29) is 0 Å². The average molecular weight is 248 g/mol. The number of rotatable bonds is 6. The van der Waals surface area contributed by atoms with Crippen LogP contribution in [0.5, 0.6) is 0 Å². The smallest absolute Gasteiger partial charge is 0.180 e. The summed E-state index contributed by atoms with van der Waals surface area (Å²) in [6, 6.07) is 0. The molecule has 2 aromatic heterocycles. The van der Waals surface area contributed by atoms with Gasteiger partial charge in [-0.25, -0.2) is 9.97 Å². The van der Waals surface area contributed by atoms with Crippen LogP contribution in [0.4, 0.5) is 11.6 Å². The van der Waals surface area contributed by atoms with Gasteiger partial charge in [-0.15, -0.1) is 0 Å². The third-order valence-corrected chi connectivity index (χ3v) is 2.58. The largest absolute Gasteiger partial charge is 0.369 e. The van der Waals surface area contributed by atoms with Crippen molar-refractivity contribution in [3.63, 3.8) is 0 Å². The minimum absolute atomic E-state index is 0.820. The summed E-state index contributed by atoms with van der Waals surface area (Å²) in [5.41, 5.74) is 0.857. The second-order valence-electron chi connectivity index (χ2n) is 4.39. The zero-order valence-electron chi connectivity index (χ0n) is 11.1. The highest BCUT2D eigenvalue weighted by Crippen LogP contribution is 2.15. The van der Waals surface area contributed by atoms with E-state index >= 15 is 0 Å². The fourth-order valence-electron chi connectivity index (χ4n) is 1.71. The van der Waals surface area contributed by atoms with Crippen molar-refractivity contribution in [3.8, 4) is 0 Å². The molecule has 0 amide bonds. The van der Waals surface area contributed by atoms with Gasteiger partial charge >= 0.3 is 0 Å². The highest BCUT2D eigenvalue weighted by molar-refractivity contribution is 5.65. The summed E-state index contributed by atoms with van der Waals surface area (Å²) in [6.07, 6.45) is 5.65. The fourth-order valence-corrected chi connectivity index (χ4v) is 1.71. The molecule has 0 fully saturated rings. The minimum Gasteiger partial charge on any atom is -0.369 e. The molecule has 0 radical (unpaired) electrons. The van der Waals surface area contributed by atoms with Crippen LogP contribution in [0.1, 0.15) is 6.92 Å². The third kappa shape index (κ3) is 2.89. The summed E-state index contributed by atoms with van der Waals surface area (Å²) >= 11 is 0. The number of aromatic nitrogens is 3. The van der Waals surface area contributed by atoms with Crippen LogP contribution >= 0.6 is 0 Å². The van der Waals surface area contributed by atoms with Crippen molar-refractivity contribution in [2.24, 2.45) is 0 Å². The Kier molecular flexibility index (Phi) is 3.99. The first-order chi connectivity index (χ1) is 8.70. The van der Waals surface area contributed by atoms with E-state index in [0.29, 0.717) is 0 Å². The van der Waals surface area contributed by atoms with Crippen molar-refractivity contribution >= 4 is 17.3 Å². The molecular weight excluding hydrogens is 228 g/mol. The molecule has 0 unspecified atom stereocenters. The summed E-state index contributed by atoms with van der Waals surface area (Å²) in [7, 11) is 4.10. The van der Waals surface area contributed by atoms with Crippen molar-refractivity contribution in [2.75, 3.05) is 44.4 Å². The topological polar surface area (TPSA) is 57.5 Å². The number of fused-ring (bicyclic) bond motifs is 1. The first kappa shape index (κ1) is 12.6. The van der Waals surface area contributed by atoms with Gasteiger partial charge in [0.25, 0.3) is 0 Å². The molecule has 0 aliphatic rings. The summed E-state index contributed by atoms with van der Waals surface area (Å²) in [4.78, 5) is 11.0. The Bertz CT molecular complexity index is 504. The van der Waals surface area contributed by atoms with Gasteiger partial charge in [0, 0.05) is 32.0 Å². The van der Waals surface area contributed by atoms with Crippen molar-refractivity contribution in [3.05, 3.63) is 18.6 Å². The lowest BCUT2D eigenvalue weighted by atomic mass is 10.5. The van der Waals surface area contributed by atoms with E-state index in [9.17, 15) is 0 Å². The SMILES string of the molecule is CCNc1cn2ccnc2c(NCCN(C)C)n1. The molecule has 0 bridgehead atoms. The van der Waals surface area contributed by atoms with E-state index in [2.05, 4.69) is 46.5 Å². The predicted octanol–water partition coefficient (Wildman–Crippen LogP) is 1.13. The van der Waals surface area contributed by atoms with Gasteiger partial charge in [-0.1, -0.05) is 0 Å². The van der Waals surface area contributed by atoms with Gasteiger partial charge in [-0.2, -0.15) is 0 Å². The second kappa shape index (κ2) is 5.68. The Balaban J connectivity index is 2.20. The number of hydrogen-bond donors (Lipinski definition) is 2. The van der Waals surface area contributed by atoms with E-state index in [4.69, 9.17) is 0 Å². The van der Waals surface area contributed by atoms with Crippen LogP contribution in [0.25, 0.3) is 5.65 Å². The van der Waals surface area contributed by atoms with E-state index in [1.165, 1.54) is 0 Å². The molecule has 0 aliphatic heterocycles. The van der Waals surface area contributed by atoms with Crippen LogP contribution in [0.2, 0.25) is 0 Å². The molecule has 0 spiro atoms. The van der Waals surface area contributed by atoms with E-state index in [1.54, 1.807) is 6.20 Å². The Morgan fingerprint density at radius 2 is 2.17 bits per heavy atom. The molecule has 0 atom stereocenters. The van der Waals surface area contributed by atoms with Crippen LogP contribution in [-0.4, -0.2) is 53.0 Å². The monoisotopic (exact) mass is 248 g/mol. The van der Waals surface area contributed by atoms with Crippen LogP contribution in [0, 0.1) is 0 Å². The van der Waals surface area contributed by atoms with Crippen molar-refractivity contribution in [1.29, 1.82) is 0 Å². The van der Waals surface area contributed by atoms with Gasteiger partial charge in [0.1, 0.15) is 5.82 Å². The van der Waals surface area contributed by atoms with Crippen LogP contribution in [0.15, 0.2) is 18.6 Å². The average Bonchev–Trinajstić information content (AvgIpc) is 2.77. The molecule has 98 valence electrons. The molecule has 2 aromatic rings. The Hall–Kier alpha value is -1.82. The fraction of sp³-hybridized carbons (Fsp3) is 0.500. The minimum atomic E-state index is 0.820. The normalized spacial score (nSPS) is 11.1. The number of imidazole rings is 1. The Morgan fingerprint density at radius 1 is 1.33 bits per heavy atom. The number of anilines is 2. The predicted molar refractivity (Wildman–Crippen MR) is 74.2 cm³/mol. The maximum atomic E-state index is 4.54. The summed E-state index contributed by atoms with van der Waals surface area (Å²) < 4.78 is 1.98. The van der Waals surface area contributed by atoms with E-state index in [0.717, 1.165) is 36.9 Å².